The number of benzene rings is 1. The smallest absolute Gasteiger partial charge is 0.275 e. The lowest BCUT2D eigenvalue weighted by Gasteiger charge is -2.11. The van der Waals surface area contributed by atoms with Crippen LogP contribution in [0.4, 0.5) is 10.1 Å². The second-order valence-corrected chi connectivity index (χ2v) is 8.62. The Balaban J connectivity index is 2.17. The quantitative estimate of drug-likeness (QED) is 0.765. The molecule has 1 aromatic carbocycles. The Hall–Kier alpha value is -2.00. The van der Waals surface area contributed by atoms with E-state index in [4.69, 9.17) is 0 Å². The maximum absolute atomic E-state index is 14.0. The third-order valence-electron chi connectivity index (χ3n) is 3.46. The summed E-state index contributed by atoms with van der Waals surface area (Å²) in [5, 5.41) is 4.88. The van der Waals surface area contributed by atoms with Gasteiger partial charge in [-0.1, -0.05) is 31.3 Å². The highest BCUT2D eigenvalue weighted by Crippen LogP contribution is 2.29. The molecule has 3 aromatic rings. The predicted octanol–water partition coefficient (Wildman–Crippen LogP) is 3.47. The van der Waals surface area contributed by atoms with Gasteiger partial charge in [-0.15, -0.1) is 0 Å². The van der Waals surface area contributed by atoms with Gasteiger partial charge in [0.15, 0.2) is 0 Å². The van der Waals surface area contributed by atoms with E-state index in [0.717, 1.165) is 5.56 Å². The summed E-state index contributed by atoms with van der Waals surface area (Å²) in [5.41, 5.74) is 1.07. The second kappa shape index (κ2) is 5.82. The summed E-state index contributed by atoms with van der Waals surface area (Å²) >= 11 is 1.31. The molecule has 0 spiro atoms. The first-order valence-corrected chi connectivity index (χ1v) is 9.64. The highest BCUT2D eigenvalue weighted by Gasteiger charge is 2.29. The average Bonchev–Trinajstić information content (AvgIpc) is 2.98. The molecule has 24 heavy (non-hydrogen) atoms. The van der Waals surface area contributed by atoms with E-state index in [0.29, 0.717) is 15.7 Å². The Bertz CT molecular complexity index is 1020. The van der Waals surface area contributed by atoms with Gasteiger partial charge in [0.05, 0.1) is 11.4 Å². The van der Waals surface area contributed by atoms with Crippen molar-refractivity contribution in [3.63, 3.8) is 0 Å². The third-order valence-corrected chi connectivity index (χ3v) is 5.66. The molecule has 1 N–H and O–H groups in total. The minimum atomic E-state index is -4.04. The molecule has 0 unspecified atom stereocenters. The van der Waals surface area contributed by atoms with Crippen molar-refractivity contribution in [2.24, 2.45) is 0 Å². The Kier molecular flexibility index (Phi) is 4.08. The van der Waals surface area contributed by atoms with Crippen LogP contribution in [0.1, 0.15) is 36.0 Å². The van der Waals surface area contributed by atoms with Gasteiger partial charge in [-0.25, -0.2) is 9.37 Å². The molecule has 0 fully saturated rings. The number of imidazole rings is 1. The molecule has 0 saturated carbocycles. The summed E-state index contributed by atoms with van der Waals surface area (Å²) in [4.78, 5) is 4.89. The summed E-state index contributed by atoms with van der Waals surface area (Å²) < 4.78 is 43.4. The van der Waals surface area contributed by atoms with Crippen molar-refractivity contribution < 1.29 is 12.8 Å². The van der Waals surface area contributed by atoms with E-state index in [-0.39, 0.29) is 16.6 Å². The van der Waals surface area contributed by atoms with Crippen molar-refractivity contribution >= 4 is 32.0 Å². The number of halogens is 1. The van der Waals surface area contributed by atoms with E-state index in [2.05, 4.69) is 14.8 Å². The summed E-state index contributed by atoms with van der Waals surface area (Å²) in [6.07, 6.45) is 0. The predicted molar refractivity (Wildman–Crippen MR) is 91.6 cm³/mol. The fourth-order valence-corrected chi connectivity index (χ4v) is 4.64. The maximum Gasteiger partial charge on any atom is 0.281 e. The molecule has 0 amide bonds. The Morgan fingerprint density at radius 2 is 2.00 bits per heavy atom. The van der Waals surface area contributed by atoms with Gasteiger partial charge in [0, 0.05) is 0 Å². The normalized spacial score (nSPS) is 12.2. The molecule has 2 heterocycles. The lowest BCUT2D eigenvalue weighted by atomic mass is 10.2. The minimum Gasteiger partial charge on any atom is -0.275 e. The molecule has 0 aliphatic rings. The molecule has 0 radical (unpaired) electrons. The highest BCUT2D eigenvalue weighted by molar-refractivity contribution is 7.92. The summed E-state index contributed by atoms with van der Waals surface area (Å²) in [7, 11) is -4.04. The van der Waals surface area contributed by atoms with Gasteiger partial charge in [0.1, 0.15) is 10.8 Å². The SMILES string of the molecule is Cc1ccc(F)c(NS(=O)(=O)c2c(C(C)C)nc3sc(C)nn23)c1. The first kappa shape index (κ1) is 16.8. The lowest BCUT2D eigenvalue weighted by Crippen LogP contribution is -2.18. The number of nitrogens with zero attached hydrogens (tertiary/aromatic N) is 3. The van der Waals surface area contributed by atoms with E-state index in [1.165, 1.54) is 28.0 Å². The second-order valence-electron chi connectivity index (χ2n) is 5.86. The van der Waals surface area contributed by atoms with Crippen LogP contribution in [0.15, 0.2) is 23.2 Å². The Morgan fingerprint density at radius 3 is 2.67 bits per heavy atom. The van der Waals surface area contributed by atoms with Crippen LogP contribution in [0.25, 0.3) is 4.96 Å². The molecule has 0 bridgehead atoms. The number of nitrogens with one attached hydrogen (secondary N) is 1. The molecule has 3 rings (SSSR count). The van der Waals surface area contributed by atoms with Crippen LogP contribution in [-0.2, 0) is 10.0 Å². The van der Waals surface area contributed by atoms with Gasteiger partial charge in [-0.3, -0.25) is 4.72 Å². The number of aryl methyl sites for hydroxylation is 2. The van der Waals surface area contributed by atoms with Crippen molar-refractivity contribution in [1.29, 1.82) is 0 Å². The number of hydrogen-bond donors (Lipinski definition) is 1. The van der Waals surface area contributed by atoms with Crippen LogP contribution in [0.5, 0.6) is 0 Å². The first-order valence-electron chi connectivity index (χ1n) is 7.34. The number of fused-ring (bicyclic) bond motifs is 1. The first-order chi connectivity index (χ1) is 11.2. The van der Waals surface area contributed by atoms with Crippen molar-refractivity contribution in [3.05, 3.63) is 40.3 Å². The van der Waals surface area contributed by atoms with Crippen LogP contribution >= 0.6 is 11.3 Å². The van der Waals surface area contributed by atoms with Gasteiger partial charge in [0.2, 0.25) is 9.99 Å². The zero-order chi connectivity index (χ0) is 17.6. The van der Waals surface area contributed by atoms with Crippen LogP contribution in [0.2, 0.25) is 0 Å². The largest absolute Gasteiger partial charge is 0.281 e. The minimum absolute atomic E-state index is 0.0437. The molecule has 2 aromatic heterocycles. The van der Waals surface area contributed by atoms with Crippen molar-refractivity contribution in [2.45, 2.75) is 38.6 Å². The number of hydrogen-bond acceptors (Lipinski definition) is 5. The summed E-state index contributed by atoms with van der Waals surface area (Å²) in [5.74, 6) is -0.751. The third kappa shape index (κ3) is 2.89. The van der Waals surface area contributed by atoms with Crippen LogP contribution in [0.3, 0.4) is 0 Å². The number of aromatic nitrogens is 3. The molecule has 9 heteroatoms. The van der Waals surface area contributed by atoms with Crippen molar-refractivity contribution in [3.8, 4) is 0 Å². The molecule has 0 saturated heterocycles. The summed E-state index contributed by atoms with van der Waals surface area (Å²) in [6.45, 7) is 7.24. The van der Waals surface area contributed by atoms with Gasteiger partial charge < -0.3 is 0 Å². The molecule has 0 atom stereocenters. The van der Waals surface area contributed by atoms with E-state index in [9.17, 15) is 12.8 Å². The standard InChI is InChI=1S/C15H17FN4O2S2/c1-8(2)13-14(20-15(17-13)23-10(4)18-20)24(21,22)19-12-7-9(3)5-6-11(12)16/h5-8,19H,1-4H3. The van der Waals surface area contributed by atoms with E-state index in [1.807, 2.05) is 13.8 Å². The van der Waals surface area contributed by atoms with Gasteiger partial charge in [-0.2, -0.15) is 18.0 Å². The van der Waals surface area contributed by atoms with Crippen molar-refractivity contribution in [2.75, 3.05) is 4.72 Å². The topological polar surface area (TPSA) is 76.4 Å². The fraction of sp³-hybridized carbons (Fsp3) is 0.333. The average molecular weight is 368 g/mol. The van der Waals surface area contributed by atoms with E-state index < -0.39 is 15.8 Å². The molecule has 6 nitrogen and oxygen atoms in total. The Morgan fingerprint density at radius 1 is 1.29 bits per heavy atom. The molecule has 0 aliphatic carbocycles. The number of sulfonamides is 1. The monoisotopic (exact) mass is 368 g/mol. The zero-order valence-electron chi connectivity index (χ0n) is 13.7. The van der Waals surface area contributed by atoms with Crippen LogP contribution in [-0.4, -0.2) is 23.0 Å². The van der Waals surface area contributed by atoms with E-state index >= 15 is 0 Å². The van der Waals surface area contributed by atoms with Crippen molar-refractivity contribution in [1.82, 2.24) is 14.6 Å². The molecule has 128 valence electrons. The van der Waals surface area contributed by atoms with E-state index in [1.54, 1.807) is 19.9 Å². The summed E-state index contributed by atoms with van der Waals surface area (Å²) in [6, 6.07) is 4.26. The number of rotatable bonds is 4. The highest BCUT2D eigenvalue weighted by atomic mass is 32.2. The Labute approximate surface area is 143 Å². The zero-order valence-corrected chi connectivity index (χ0v) is 15.3. The fourth-order valence-electron chi connectivity index (χ4n) is 2.38. The van der Waals surface area contributed by atoms with Crippen LogP contribution < -0.4 is 4.72 Å². The van der Waals surface area contributed by atoms with Gasteiger partial charge >= 0.3 is 0 Å². The van der Waals surface area contributed by atoms with Crippen LogP contribution in [0, 0.1) is 19.7 Å². The molecule has 0 aliphatic heterocycles. The maximum atomic E-state index is 14.0. The lowest BCUT2D eigenvalue weighted by molar-refractivity contribution is 0.587. The molecular weight excluding hydrogens is 351 g/mol. The molecular formula is C15H17FN4O2S2. The number of anilines is 1. The van der Waals surface area contributed by atoms with Gasteiger partial charge in [-0.05, 0) is 37.5 Å². The van der Waals surface area contributed by atoms with Gasteiger partial charge in [0.25, 0.3) is 10.0 Å².